The van der Waals surface area contributed by atoms with Gasteiger partial charge in [0.1, 0.15) is 5.82 Å². The molecule has 9 heteroatoms. The maximum absolute atomic E-state index is 12.3. The number of hydrogen-bond donors (Lipinski definition) is 1. The summed E-state index contributed by atoms with van der Waals surface area (Å²) in [6.07, 6.45) is 1.29. The maximum Gasteiger partial charge on any atom is 0.273 e. The number of halogens is 1. The molecule has 0 aliphatic heterocycles. The normalized spacial score (nSPS) is 11.1. The van der Waals surface area contributed by atoms with Crippen LogP contribution < -0.4 is 4.72 Å². The summed E-state index contributed by atoms with van der Waals surface area (Å²) in [6, 6.07) is 6.73. The van der Waals surface area contributed by atoms with Crippen molar-refractivity contribution in [2.75, 3.05) is 4.72 Å². The molecule has 0 saturated carbocycles. The van der Waals surface area contributed by atoms with Crippen molar-refractivity contribution < 1.29 is 13.3 Å². The number of aromatic nitrogens is 1. The Hall–Kier alpha value is -2.19. The Morgan fingerprint density at radius 1 is 1.29 bits per heavy atom. The lowest BCUT2D eigenvalue weighted by Gasteiger charge is -2.09. The van der Waals surface area contributed by atoms with Crippen LogP contribution in [0.2, 0.25) is 5.02 Å². The Morgan fingerprint density at radius 3 is 2.57 bits per heavy atom. The van der Waals surface area contributed by atoms with Crippen LogP contribution >= 0.6 is 11.6 Å². The summed E-state index contributed by atoms with van der Waals surface area (Å²) in [6.45, 7) is 1.38. The van der Waals surface area contributed by atoms with Gasteiger partial charge in [-0.15, -0.1) is 0 Å². The van der Waals surface area contributed by atoms with Gasteiger partial charge in [-0.25, -0.2) is 13.4 Å². The van der Waals surface area contributed by atoms with Gasteiger partial charge in [-0.3, -0.25) is 14.8 Å². The van der Waals surface area contributed by atoms with Crippen molar-refractivity contribution in [3.8, 4) is 0 Å². The Morgan fingerprint density at radius 2 is 2.00 bits per heavy atom. The van der Waals surface area contributed by atoms with Crippen LogP contribution in [0.25, 0.3) is 0 Å². The number of hydrogen-bond acceptors (Lipinski definition) is 5. The van der Waals surface area contributed by atoms with Gasteiger partial charge in [-0.1, -0.05) is 17.7 Å². The molecule has 7 nitrogen and oxygen atoms in total. The molecule has 0 spiro atoms. The SMILES string of the molecule is Cc1c([N+](=O)[O-])cccc1S(=O)(=O)Nc1ccc(Cl)cn1. The molecule has 0 fully saturated rings. The van der Waals surface area contributed by atoms with E-state index >= 15 is 0 Å². The van der Waals surface area contributed by atoms with Crippen molar-refractivity contribution >= 4 is 33.1 Å². The summed E-state index contributed by atoms with van der Waals surface area (Å²) in [4.78, 5) is 13.9. The zero-order valence-electron chi connectivity index (χ0n) is 10.8. The summed E-state index contributed by atoms with van der Waals surface area (Å²) in [5.74, 6) is 0.0744. The van der Waals surface area contributed by atoms with Gasteiger partial charge in [0.2, 0.25) is 0 Å². The summed E-state index contributed by atoms with van der Waals surface area (Å²) < 4.78 is 26.8. The second-order valence-electron chi connectivity index (χ2n) is 4.12. The zero-order chi connectivity index (χ0) is 15.6. The van der Waals surface area contributed by atoms with Crippen LogP contribution in [-0.4, -0.2) is 18.3 Å². The fourth-order valence-corrected chi connectivity index (χ4v) is 3.10. The van der Waals surface area contributed by atoms with E-state index in [1.165, 1.54) is 43.5 Å². The fourth-order valence-electron chi connectivity index (χ4n) is 1.72. The molecule has 1 heterocycles. The summed E-state index contributed by atoms with van der Waals surface area (Å²) in [7, 11) is -3.97. The number of nitrogens with zero attached hydrogens (tertiary/aromatic N) is 2. The monoisotopic (exact) mass is 327 g/mol. The van der Waals surface area contributed by atoms with E-state index in [0.717, 1.165) is 0 Å². The van der Waals surface area contributed by atoms with Gasteiger partial charge < -0.3 is 0 Å². The van der Waals surface area contributed by atoms with Crippen molar-refractivity contribution in [1.29, 1.82) is 0 Å². The van der Waals surface area contributed by atoms with Crippen LogP contribution in [0.1, 0.15) is 5.56 Å². The standard InChI is InChI=1S/C12H10ClN3O4S/c1-8-10(16(17)18)3-2-4-11(8)21(19,20)15-12-6-5-9(13)7-14-12/h2-7H,1H3,(H,14,15). The van der Waals surface area contributed by atoms with Crippen LogP contribution in [0, 0.1) is 17.0 Å². The lowest BCUT2D eigenvalue weighted by Crippen LogP contribution is -2.15. The van der Waals surface area contributed by atoms with E-state index in [1.54, 1.807) is 0 Å². The number of rotatable bonds is 4. The highest BCUT2D eigenvalue weighted by molar-refractivity contribution is 7.92. The number of nitro benzene ring substituents is 1. The van der Waals surface area contributed by atoms with Gasteiger partial charge in [0, 0.05) is 17.8 Å². The summed E-state index contributed by atoms with van der Waals surface area (Å²) in [5.41, 5.74) is -0.203. The molecule has 0 radical (unpaired) electrons. The highest BCUT2D eigenvalue weighted by Gasteiger charge is 2.23. The predicted octanol–water partition coefficient (Wildman–Crippen LogP) is 2.75. The molecule has 21 heavy (non-hydrogen) atoms. The highest BCUT2D eigenvalue weighted by Crippen LogP contribution is 2.26. The molecular formula is C12H10ClN3O4S. The Bertz CT molecular complexity index is 791. The van der Waals surface area contributed by atoms with Gasteiger partial charge in [0.05, 0.1) is 14.8 Å². The fraction of sp³-hybridized carbons (Fsp3) is 0.0833. The molecule has 0 amide bonds. The van der Waals surface area contributed by atoms with E-state index in [1.807, 2.05) is 0 Å². The van der Waals surface area contributed by atoms with E-state index < -0.39 is 14.9 Å². The second-order valence-corrected chi connectivity index (χ2v) is 6.21. The first-order chi connectivity index (χ1) is 9.81. The van der Waals surface area contributed by atoms with Crippen molar-refractivity contribution in [3.63, 3.8) is 0 Å². The number of sulfonamides is 1. The van der Waals surface area contributed by atoms with E-state index in [2.05, 4.69) is 9.71 Å². The third-order valence-corrected chi connectivity index (χ3v) is 4.43. The third-order valence-electron chi connectivity index (χ3n) is 2.71. The molecule has 0 aliphatic carbocycles. The Kier molecular flexibility index (Phi) is 4.10. The molecule has 2 rings (SSSR count). The number of anilines is 1. The lowest BCUT2D eigenvalue weighted by molar-refractivity contribution is -0.385. The van der Waals surface area contributed by atoms with Crippen LogP contribution in [0.15, 0.2) is 41.4 Å². The van der Waals surface area contributed by atoms with Crippen LogP contribution in [0.3, 0.4) is 0 Å². The summed E-state index contributed by atoms with van der Waals surface area (Å²) in [5, 5.41) is 11.2. The molecule has 0 saturated heterocycles. The topological polar surface area (TPSA) is 102 Å². The Labute approximate surface area is 125 Å². The first kappa shape index (κ1) is 15.2. The largest absolute Gasteiger partial charge is 0.273 e. The molecule has 110 valence electrons. The number of benzene rings is 1. The van der Waals surface area contributed by atoms with E-state index in [-0.39, 0.29) is 22.0 Å². The van der Waals surface area contributed by atoms with Crippen molar-refractivity contribution in [2.24, 2.45) is 0 Å². The van der Waals surface area contributed by atoms with E-state index in [0.29, 0.717) is 5.02 Å². The highest BCUT2D eigenvalue weighted by atomic mass is 35.5. The molecule has 2 aromatic rings. The minimum Gasteiger partial charge on any atom is -0.263 e. The van der Waals surface area contributed by atoms with E-state index in [9.17, 15) is 18.5 Å². The van der Waals surface area contributed by atoms with Gasteiger partial charge in [-0.2, -0.15) is 0 Å². The average molecular weight is 328 g/mol. The summed E-state index contributed by atoms with van der Waals surface area (Å²) >= 11 is 5.67. The first-order valence-electron chi connectivity index (χ1n) is 5.69. The number of nitrogens with one attached hydrogen (secondary N) is 1. The molecule has 1 aromatic heterocycles. The molecule has 1 aromatic carbocycles. The minimum atomic E-state index is -3.97. The molecule has 0 atom stereocenters. The van der Waals surface area contributed by atoms with Gasteiger partial charge >= 0.3 is 0 Å². The minimum absolute atomic E-state index is 0.0592. The first-order valence-corrected chi connectivity index (χ1v) is 7.56. The zero-order valence-corrected chi connectivity index (χ0v) is 12.4. The quantitative estimate of drug-likeness (QED) is 0.687. The predicted molar refractivity (Wildman–Crippen MR) is 77.9 cm³/mol. The third kappa shape index (κ3) is 3.29. The van der Waals surface area contributed by atoms with Crippen LogP contribution in [0.5, 0.6) is 0 Å². The van der Waals surface area contributed by atoms with Crippen LogP contribution in [-0.2, 0) is 10.0 Å². The molecule has 1 N–H and O–H groups in total. The van der Waals surface area contributed by atoms with Gasteiger partial charge in [-0.05, 0) is 25.1 Å². The van der Waals surface area contributed by atoms with Gasteiger partial charge in [0.15, 0.2) is 0 Å². The van der Waals surface area contributed by atoms with Crippen molar-refractivity contribution in [2.45, 2.75) is 11.8 Å². The van der Waals surface area contributed by atoms with Crippen molar-refractivity contribution in [1.82, 2.24) is 4.98 Å². The Balaban J connectivity index is 2.42. The number of pyridine rings is 1. The smallest absolute Gasteiger partial charge is 0.263 e. The molecular weight excluding hydrogens is 318 g/mol. The lowest BCUT2D eigenvalue weighted by atomic mass is 10.2. The van der Waals surface area contributed by atoms with Crippen molar-refractivity contribution in [3.05, 3.63) is 57.2 Å². The van der Waals surface area contributed by atoms with E-state index in [4.69, 9.17) is 11.6 Å². The van der Waals surface area contributed by atoms with Gasteiger partial charge in [0.25, 0.3) is 15.7 Å². The maximum atomic E-state index is 12.3. The molecule has 0 aliphatic rings. The average Bonchev–Trinajstić information content (AvgIpc) is 2.41. The molecule has 0 bridgehead atoms. The molecule has 0 unspecified atom stereocenters. The number of nitro groups is 1. The second kappa shape index (κ2) is 5.66. The van der Waals surface area contributed by atoms with Crippen LogP contribution in [0.4, 0.5) is 11.5 Å².